The van der Waals surface area contributed by atoms with Crippen molar-refractivity contribution in [1.82, 2.24) is 5.48 Å². The molecular formula is C17H25NO5. The van der Waals surface area contributed by atoms with Gasteiger partial charge >= 0.3 is 0 Å². The molecule has 6 heteroatoms. The van der Waals surface area contributed by atoms with Gasteiger partial charge in [0.05, 0.1) is 13.7 Å². The van der Waals surface area contributed by atoms with Gasteiger partial charge in [-0.2, -0.15) is 0 Å². The van der Waals surface area contributed by atoms with E-state index in [1.807, 2.05) is 24.3 Å². The molecular weight excluding hydrogens is 298 g/mol. The van der Waals surface area contributed by atoms with Gasteiger partial charge in [0, 0.05) is 6.42 Å². The summed E-state index contributed by atoms with van der Waals surface area (Å²) >= 11 is 0. The van der Waals surface area contributed by atoms with E-state index < -0.39 is 6.10 Å². The van der Waals surface area contributed by atoms with Crippen LogP contribution in [0.25, 0.3) is 0 Å². The number of ether oxygens (including phenoxy) is 2. The molecule has 0 aliphatic carbocycles. The van der Waals surface area contributed by atoms with Crippen molar-refractivity contribution in [2.24, 2.45) is 0 Å². The number of unbranched alkanes of at least 4 members (excludes halogenated alkanes) is 3. The van der Waals surface area contributed by atoms with Gasteiger partial charge in [0.25, 0.3) is 0 Å². The summed E-state index contributed by atoms with van der Waals surface area (Å²) in [5.74, 6) is 0.425. The molecule has 0 radical (unpaired) electrons. The lowest BCUT2D eigenvalue weighted by Crippen LogP contribution is -2.17. The van der Waals surface area contributed by atoms with Crippen molar-refractivity contribution in [3.63, 3.8) is 0 Å². The molecule has 0 saturated heterocycles. The fourth-order valence-electron chi connectivity index (χ4n) is 2.16. The second-order valence-electron chi connectivity index (χ2n) is 5.32. The van der Waals surface area contributed by atoms with Gasteiger partial charge in [-0.1, -0.05) is 31.4 Å². The van der Waals surface area contributed by atoms with E-state index >= 15 is 0 Å². The van der Waals surface area contributed by atoms with Crippen molar-refractivity contribution < 1.29 is 24.3 Å². The zero-order chi connectivity index (χ0) is 16.9. The minimum absolute atomic E-state index is 0.321. The summed E-state index contributed by atoms with van der Waals surface area (Å²) in [4.78, 5) is 21.9. The van der Waals surface area contributed by atoms with E-state index in [2.05, 4.69) is 0 Å². The fraction of sp³-hybridized carbons (Fsp3) is 0.529. The van der Waals surface area contributed by atoms with Crippen LogP contribution in [0.2, 0.25) is 0 Å². The highest BCUT2D eigenvalue weighted by molar-refractivity contribution is 5.74. The first kappa shape index (κ1) is 19.1. The van der Waals surface area contributed by atoms with Crippen molar-refractivity contribution >= 4 is 12.2 Å². The van der Waals surface area contributed by atoms with Gasteiger partial charge in [0.15, 0.2) is 0 Å². The van der Waals surface area contributed by atoms with Crippen LogP contribution in [0.15, 0.2) is 24.3 Å². The number of rotatable bonds is 12. The SMILES string of the molecule is COc1ccc(COC(C=O)CCCCCCC(=O)NO)cc1. The number of benzene rings is 1. The van der Waals surface area contributed by atoms with Gasteiger partial charge < -0.3 is 14.3 Å². The maximum atomic E-state index is 11.0. The lowest BCUT2D eigenvalue weighted by molar-refractivity contribution is -0.129. The number of hydroxylamine groups is 1. The molecule has 1 amide bonds. The molecule has 1 aromatic rings. The van der Waals surface area contributed by atoms with Crippen molar-refractivity contribution in [2.75, 3.05) is 7.11 Å². The molecule has 1 rings (SSSR count). The molecule has 0 aromatic heterocycles. The van der Waals surface area contributed by atoms with E-state index in [4.69, 9.17) is 14.7 Å². The van der Waals surface area contributed by atoms with Gasteiger partial charge in [0.2, 0.25) is 5.91 Å². The minimum Gasteiger partial charge on any atom is -0.497 e. The first-order valence-electron chi connectivity index (χ1n) is 7.82. The fourth-order valence-corrected chi connectivity index (χ4v) is 2.16. The Balaban J connectivity index is 2.16. The number of hydrogen-bond donors (Lipinski definition) is 2. The Labute approximate surface area is 136 Å². The van der Waals surface area contributed by atoms with Gasteiger partial charge in [-0.05, 0) is 30.5 Å². The molecule has 2 N–H and O–H groups in total. The summed E-state index contributed by atoms with van der Waals surface area (Å²) in [5.41, 5.74) is 2.60. The van der Waals surface area contributed by atoms with E-state index in [0.717, 1.165) is 43.3 Å². The summed E-state index contributed by atoms with van der Waals surface area (Å²) in [7, 11) is 1.62. The number of carbonyl (C=O) groups is 2. The normalized spacial score (nSPS) is 11.7. The average molecular weight is 323 g/mol. The number of nitrogens with one attached hydrogen (secondary N) is 1. The second kappa shape index (κ2) is 11.6. The van der Waals surface area contributed by atoms with Crippen LogP contribution in [0, 0.1) is 0 Å². The number of carbonyl (C=O) groups excluding carboxylic acids is 2. The molecule has 0 saturated carbocycles. The van der Waals surface area contributed by atoms with Gasteiger partial charge in [-0.15, -0.1) is 0 Å². The standard InChI is InChI=1S/C17H25NO5/c1-22-15-10-8-14(9-11-15)13-23-16(12-19)6-4-2-3-5-7-17(20)18-21/h8-12,16,21H,2-7,13H2,1H3,(H,18,20). The number of hydrogen-bond acceptors (Lipinski definition) is 5. The highest BCUT2D eigenvalue weighted by Gasteiger charge is 2.08. The first-order chi connectivity index (χ1) is 11.2. The number of methoxy groups -OCH3 is 1. The Bertz CT molecular complexity index is 461. The Morgan fingerprint density at radius 1 is 1.22 bits per heavy atom. The van der Waals surface area contributed by atoms with E-state index in [9.17, 15) is 9.59 Å². The Morgan fingerprint density at radius 3 is 2.52 bits per heavy atom. The van der Waals surface area contributed by atoms with Crippen molar-refractivity contribution in [3.8, 4) is 5.75 Å². The molecule has 0 bridgehead atoms. The van der Waals surface area contributed by atoms with E-state index in [1.54, 1.807) is 12.6 Å². The van der Waals surface area contributed by atoms with Gasteiger partial charge in [0.1, 0.15) is 18.1 Å². The topological polar surface area (TPSA) is 84.9 Å². The van der Waals surface area contributed by atoms with Crippen molar-refractivity contribution in [3.05, 3.63) is 29.8 Å². The monoisotopic (exact) mass is 323 g/mol. The number of aldehydes is 1. The average Bonchev–Trinajstić information content (AvgIpc) is 2.60. The summed E-state index contributed by atoms with van der Waals surface area (Å²) in [6, 6.07) is 7.54. The predicted octanol–water partition coefficient (Wildman–Crippen LogP) is 2.63. The molecule has 1 aromatic carbocycles. The lowest BCUT2D eigenvalue weighted by atomic mass is 10.1. The minimum atomic E-state index is -0.405. The molecule has 128 valence electrons. The van der Waals surface area contributed by atoms with Crippen LogP contribution in [0.3, 0.4) is 0 Å². The van der Waals surface area contributed by atoms with E-state index in [-0.39, 0.29) is 5.91 Å². The summed E-state index contributed by atoms with van der Waals surface area (Å²) < 4.78 is 10.7. The quantitative estimate of drug-likeness (QED) is 0.267. The smallest absolute Gasteiger partial charge is 0.243 e. The summed E-state index contributed by atoms with van der Waals surface area (Å²) in [5, 5.41) is 8.36. The third-order valence-electron chi connectivity index (χ3n) is 3.54. The highest BCUT2D eigenvalue weighted by Crippen LogP contribution is 2.14. The van der Waals surface area contributed by atoms with Crippen LogP contribution < -0.4 is 10.2 Å². The zero-order valence-corrected chi connectivity index (χ0v) is 13.5. The van der Waals surface area contributed by atoms with Crippen LogP contribution in [0.4, 0.5) is 0 Å². The maximum Gasteiger partial charge on any atom is 0.243 e. The molecule has 0 spiro atoms. The first-order valence-corrected chi connectivity index (χ1v) is 7.82. The van der Waals surface area contributed by atoms with Crippen molar-refractivity contribution in [1.29, 1.82) is 0 Å². The second-order valence-corrected chi connectivity index (χ2v) is 5.32. The molecule has 6 nitrogen and oxygen atoms in total. The largest absolute Gasteiger partial charge is 0.497 e. The van der Waals surface area contributed by atoms with Crippen LogP contribution in [-0.2, 0) is 20.9 Å². The van der Waals surface area contributed by atoms with Crippen molar-refractivity contribution in [2.45, 2.75) is 51.2 Å². The molecule has 0 fully saturated rings. The summed E-state index contributed by atoms with van der Waals surface area (Å²) in [6.45, 7) is 0.393. The predicted molar refractivity (Wildman–Crippen MR) is 85.3 cm³/mol. The highest BCUT2D eigenvalue weighted by atomic mass is 16.5. The molecule has 0 aliphatic rings. The molecule has 0 aliphatic heterocycles. The van der Waals surface area contributed by atoms with Crippen LogP contribution in [-0.4, -0.2) is 30.6 Å². The van der Waals surface area contributed by atoms with Gasteiger partial charge in [-0.25, -0.2) is 5.48 Å². The molecule has 23 heavy (non-hydrogen) atoms. The molecule has 1 atom stereocenters. The van der Waals surface area contributed by atoms with E-state index in [0.29, 0.717) is 19.4 Å². The zero-order valence-electron chi connectivity index (χ0n) is 13.5. The van der Waals surface area contributed by atoms with Gasteiger partial charge in [-0.3, -0.25) is 10.0 Å². The number of amides is 1. The maximum absolute atomic E-state index is 11.0. The molecule has 0 heterocycles. The van der Waals surface area contributed by atoms with E-state index in [1.165, 1.54) is 0 Å². The van der Waals surface area contributed by atoms with Crippen LogP contribution in [0.5, 0.6) is 5.75 Å². The van der Waals surface area contributed by atoms with Crippen LogP contribution >= 0.6 is 0 Å². The Kier molecular flexibility index (Phi) is 9.66. The summed E-state index contributed by atoms with van der Waals surface area (Å²) in [6.07, 6.45) is 4.83. The third-order valence-corrected chi connectivity index (χ3v) is 3.54. The van der Waals surface area contributed by atoms with Crippen LogP contribution in [0.1, 0.15) is 44.1 Å². The third kappa shape index (κ3) is 8.32. The Hall–Kier alpha value is -1.92. The molecule has 1 unspecified atom stereocenters. The lowest BCUT2D eigenvalue weighted by Gasteiger charge is -2.12. The Morgan fingerprint density at radius 2 is 1.91 bits per heavy atom.